The number of rotatable bonds is 6. The molecule has 5 fully saturated rings. The zero-order valence-electron chi connectivity index (χ0n) is 19.2. The van der Waals surface area contributed by atoms with Gasteiger partial charge >= 0.3 is 0 Å². The minimum absolute atomic E-state index is 0.0354. The van der Waals surface area contributed by atoms with Crippen LogP contribution in [0.1, 0.15) is 50.3 Å². The van der Waals surface area contributed by atoms with Crippen LogP contribution in [0.3, 0.4) is 0 Å². The van der Waals surface area contributed by atoms with Crippen LogP contribution in [0.15, 0.2) is 47.1 Å². The zero-order valence-corrected chi connectivity index (χ0v) is 19.2. The summed E-state index contributed by atoms with van der Waals surface area (Å²) in [6.07, 6.45) is 9.03. The van der Waals surface area contributed by atoms with Crippen molar-refractivity contribution in [3.8, 4) is 0 Å². The zero-order chi connectivity index (χ0) is 22.4. The summed E-state index contributed by atoms with van der Waals surface area (Å²) in [6.45, 7) is 4.06. The molecule has 0 spiro atoms. The number of nitrogens with zero attached hydrogens (tertiary/aromatic N) is 2. The van der Waals surface area contributed by atoms with E-state index in [0.717, 1.165) is 74.6 Å². The predicted molar refractivity (Wildman–Crippen MR) is 125 cm³/mol. The molecule has 2 heterocycles. The number of nitrogens with one attached hydrogen (secondary N) is 1. The molecule has 5 nitrogen and oxygen atoms in total. The monoisotopic (exact) mass is 451 g/mol. The molecule has 1 aromatic heterocycles. The molecular weight excluding hydrogens is 417 g/mol. The van der Waals surface area contributed by atoms with Gasteiger partial charge in [0.25, 0.3) is 0 Å². The van der Waals surface area contributed by atoms with Crippen LogP contribution < -0.4 is 10.2 Å². The van der Waals surface area contributed by atoms with Gasteiger partial charge < -0.3 is 14.6 Å². The molecule has 1 aliphatic heterocycles. The molecule has 176 valence electrons. The molecule has 1 saturated heterocycles. The van der Waals surface area contributed by atoms with E-state index in [1.807, 2.05) is 24.3 Å². The maximum absolute atomic E-state index is 13.5. The molecule has 0 radical (unpaired) electrons. The summed E-state index contributed by atoms with van der Waals surface area (Å²) >= 11 is 0. The number of piperazine rings is 1. The van der Waals surface area contributed by atoms with Crippen molar-refractivity contribution in [2.75, 3.05) is 37.6 Å². The molecule has 33 heavy (non-hydrogen) atoms. The van der Waals surface area contributed by atoms with Crippen LogP contribution in [0, 0.1) is 29.0 Å². The van der Waals surface area contributed by atoms with Crippen LogP contribution >= 0.6 is 0 Å². The lowest BCUT2D eigenvalue weighted by molar-refractivity contribution is -0.146. The van der Waals surface area contributed by atoms with Gasteiger partial charge in [0.2, 0.25) is 5.91 Å². The van der Waals surface area contributed by atoms with Crippen LogP contribution in [-0.2, 0) is 4.79 Å². The lowest BCUT2D eigenvalue weighted by Crippen LogP contribution is -2.55. The molecule has 4 saturated carbocycles. The fraction of sp³-hybridized carbons (Fsp3) is 0.593. The van der Waals surface area contributed by atoms with Crippen LogP contribution in [0.25, 0.3) is 0 Å². The number of furan rings is 1. The molecule has 2 aromatic rings. The topological polar surface area (TPSA) is 48.7 Å². The third-order valence-electron chi connectivity index (χ3n) is 8.79. The van der Waals surface area contributed by atoms with Gasteiger partial charge in [-0.1, -0.05) is 0 Å². The normalized spacial score (nSPS) is 32.2. The number of amides is 1. The fourth-order valence-electron chi connectivity index (χ4n) is 7.60. The van der Waals surface area contributed by atoms with Crippen LogP contribution in [0.4, 0.5) is 10.1 Å². The van der Waals surface area contributed by atoms with Crippen molar-refractivity contribution in [3.05, 3.63) is 54.2 Å². The molecule has 4 bridgehead atoms. The van der Waals surface area contributed by atoms with Crippen LogP contribution in [0.5, 0.6) is 0 Å². The van der Waals surface area contributed by atoms with E-state index in [4.69, 9.17) is 4.42 Å². The second-order valence-corrected chi connectivity index (χ2v) is 10.9. The summed E-state index contributed by atoms with van der Waals surface area (Å²) < 4.78 is 19.1. The van der Waals surface area contributed by atoms with Crippen LogP contribution in [-0.4, -0.2) is 43.5 Å². The Morgan fingerprint density at radius 2 is 1.64 bits per heavy atom. The quantitative estimate of drug-likeness (QED) is 0.697. The Balaban J connectivity index is 1.11. The highest BCUT2D eigenvalue weighted by Crippen LogP contribution is 2.60. The van der Waals surface area contributed by atoms with E-state index in [9.17, 15) is 9.18 Å². The molecule has 1 aromatic carbocycles. The van der Waals surface area contributed by atoms with Crippen molar-refractivity contribution in [1.29, 1.82) is 0 Å². The van der Waals surface area contributed by atoms with Gasteiger partial charge in [-0.05, 0) is 92.7 Å². The number of benzene rings is 1. The number of halogens is 1. The van der Waals surface area contributed by atoms with E-state index in [0.29, 0.717) is 6.54 Å². The minimum atomic E-state index is -0.204. The molecule has 7 rings (SSSR count). The highest BCUT2D eigenvalue weighted by atomic mass is 19.1. The van der Waals surface area contributed by atoms with E-state index >= 15 is 0 Å². The first-order valence-corrected chi connectivity index (χ1v) is 12.6. The lowest BCUT2D eigenvalue weighted by Gasteiger charge is -2.55. The van der Waals surface area contributed by atoms with Gasteiger partial charge in [-0.25, -0.2) is 4.39 Å². The summed E-state index contributed by atoms with van der Waals surface area (Å²) in [5.74, 6) is 3.29. The van der Waals surface area contributed by atoms with E-state index in [-0.39, 0.29) is 23.2 Å². The first-order valence-electron chi connectivity index (χ1n) is 12.6. The van der Waals surface area contributed by atoms with Crippen molar-refractivity contribution in [3.63, 3.8) is 0 Å². The van der Waals surface area contributed by atoms with Gasteiger partial charge in [-0.15, -0.1) is 0 Å². The van der Waals surface area contributed by atoms with E-state index in [2.05, 4.69) is 15.1 Å². The molecule has 1 atom stereocenters. The van der Waals surface area contributed by atoms with Crippen molar-refractivity contribution < 1.29 is 13.6 Å². The molecule has 1 unspecified atom stereocenters. The summed E-state index contributed by atoms with van der Waals surface area (Å²) in [7, 11) is 0. The molecule has 1 N–H and O–H groups in total. The second kappa shape index (κ2) is 8.46. The van der Waals surface area contributed by atoms with Gasteiger partial charge in [0.1, 0.15) is 11.6 Å². The highest BCUT2D eigenvalue weighted by molar-refractivity contribution is 5.83. The maximum atomic E-state index is 13.5. The average molecular weight is 452 g/mol. The fourth-order valence-corrected chi connectivity index (χ4v) is 7.60. The van der Waals surface area contributed by atoms with Crippen molar-refractivity contribution >= 4 is 11.6 Å². The summed E-state index contributed by atoms with van der Waals surface area (Å²) in [4.78, 5) is 18.2. The van der Waals surface area contributed by atoms with Gasteiger partial charge in [0.15, 0.2) is 0 Å². The molecule has 1 amide bonds. The number of carbonyl (C=O) groups excluding carboxylic acids is 1. The van der Waals surface area contributed by atoms with Gasteiger partial charge in [-0.3, -0.25) is 9.69 Å². The Morgan fingerprint density at radius 3 is 2.21 bits per heavy atom. The molecule has 4 aliphatic carbocycles. The molecule has 6 heteroatoms. The summed E-state index contributed by atoms with van der Waals surface area (Å²) in [5, 5.41) is 3.38. The summed E-state index contributed by atoms with van der Waals surface area (Å²) in [5.41, 5.74) is 0.935. The largest absolute Gasteiger partial charge is 0.468 e. The number of hydrogen-bond donors (Lipinski definition) is 1. The van der Waals surface area contributed by atoms with Crippen molar-refractivity contribution in [2.45, 2.75) is 44.6 Å². The molecular formula is C27H34FN3O2. The van der Waals surface area contributed by atoms with E-state index in [1.54, 1.807) is 6.26 Å². The van der Waals surface area contributed by atoms with Gasteiger partial charge in [0.05, 0.1) is 12.3 Å². The first-order chi connectivity index (χ1) is 16.1. The number of hydrogen-bond acceptors (Lipinski definition) is 4. The number of anilines is 1. The minimum Gasteiger partial charge on any atom is -0.468 e. The third kappa shape index (κ3) is 4.07. The van der Waals surface area contributed by atoms with Crippen molar-refractivity contribution in [2.24, 2.45) is 23.2 Å². The third-order valence-corrected chi connectivity index (χ3v) is 8.79. The maximum Gasteiger partial charge on any atom is 0.226 e. The Bertz CT molecular complexity index is 930. The smallest absolute Gasteiger partial charge is 0.226 e. The van der Waals surface area contributed by atoms with Gasteiger partial charge in [0, 0.05) is 43.8 Å². The van der Waals surface area contributed by atoms with Gasteiger partial charge in [-0.2, -0.15) is 0 Å². The Labute approximate surface area is 195 Å². The SMILES string of the molecule is O=C(NCC(c1ccco1)N1CCN(c2ccc(F)cc2)CC1)C12CC3CC(CC(C3)C1)C2. The first kappa shape index (κ1) is 21.2. The predicted octanol–water partition coefficient (Wildman–Crippen LogP) is 4.61. The Hall–Kier alpha value is -2.34. The average Bonchev–Trinajstić information content (AvgIpc) is 3.34. The van der Waals surface area contributed by atoms with Crippen LogP contribution in [0.2, 0.25) is 0 Å². The van der Waals surface area contributed by atoms with E-state index in [1.165, 1.54) is 31.4 Å². The van der Waals surface area contributed by atoms with E-state index < -0.39 is 0 Å². The lowest BCUT2D eigenvalue weighted by atomic mass is 9.49. The Kier molecular flexibility index (Phi) is 5.44. The second-order valence-electron chi connectivity index (χ2n) is 10.9. The van der Waals surface area contributed by atoms with Crippen molar-refractivity contribution in [1.82, 2.24) is 10.2 Å². The summed E-state index contributed by atoms with van der Waals surface area (Å²) in [6, 6.07) is 10.7. The Morgan fingerprint density at radius 1 is 1.00 bits per heavy atom. The molecule has 5 aliphatic rings. The highest BCUT2D eigenvalue weighted by Gasteiger charge is 2.54. The number of carbonyl (C=O) groups is 1. The standard InChI is InChI=1S/C27H34FN3O2/c28-22-3-5-23(6-4-22)30-7-9-31(10-8-30)24(25-2-1-11-33-25)18-29-26(32)27-15-19-12-20(16-27)14-21(13-19)17-27/h1-6,11,19-21,24H,7-10,12-18H2,(H,29,32).